The highest BCUT2D eigenvalue weighted by Gasteiger charge is 2.21. The molecule has 4 aromatic rings. The largest absolute Gasteiger partial charge is 0.360 e. The van der Waals surface area contributed by atoms with E-state index in [2.05, 4.69) is 20.7 Å². The topological polar surface area (TPSA) is 85.3 Å². The van der Waals surface area contributed by atoms with Gasteiger partial charge in [0, 0.05) is 11.8 Å². The molecule has 0 spiro atoms. The number of fused-ring (bicyclic) bond motifs is 1. The van der Waals surface area contributed by atoms with Crippen LogP contribution in [0.3, 0.4) is 0 Å². The highest BCUT2D eigenvalue weighted by Crippen LogP contribution is 2.24. The van der Waals surface area contributed by atoms with Crippen molar-refractivity contribution in [3.63, 3.8) is 0 Å². The summed E-state index contributed by atoms with van der Waals surface area (Å²) in [6, 6.07) is 15.1. The van der Waals surface area contributed by atoms with Crippen molar-refractivity contribution < 1.29 is 9.32 Å². The van der Waals surface area contributed by atoms with Crippen molar-refractivity contribution in [2.75, 3.05) is 0 Å². The van der Waals surface area contributed by atoms with Crippen LogP contribution < -0.4 is 5.32 Å². The standard InChI is InChI=1S/C18H15N5O2/c1-12-16(17(22-25-12)13-7-3-2-4-8-13)18(24)19-11-15-21-20-14-9-5-6-10-23(14)15/h2-10H,11H2,1H3,(H,19,24). The summed E-state index contributed by atoms with van der Waals surface area (Å²) in [4.78, 5) is 12.7. The van der Waals surface area contributed by atoms with Crippen LogP contribution in [0.25, 0.3) is 16.9 Å². The number of aromatic nitrogens is 4. The molecule has 1 aromatic carbocycles. The molecule has 0 bridgehead atoms. The monoisotopic (exact) mass is 333 g/mol. The van der Waals surface area contributed by atoms with Gasteiger partial charge in [0.25, 0.3) is 5.91 Å². The van der Waals surface area contributed by atoms with Crippen LogP contribution in [-0.2, 0) is 6.54 Å². The Balaban J connectivity index is 1.59. The normalized spacial score (nSPS) is 10.9. The molecule has 7 heteroatoms. The average Bonchev–Trinajstić information content (AvgIpc) is 3.24. The maximum Gasteiger partial charge on any atom is 0.257 e. The van der Waals surface area contributed by atoms with Gasteiger partial charge in [-0.05, 0) is 19.1 Å². The van der Waals surface area contributed by atoms with Crippen LogP contribution in [0.2, 0.25) is 0 Å². The second kappa shape index (κ2) is 6.20. The van der Waals surface area contributed by atoms with Gasteiger partial charge in [0.1, 0.15) is 17.0 Å². The van der Waals surface area contributed by atoms with Gasteiger partial charge in [-0.25, -0.2) is 0 Å². The first-order valence-corrected chi connectivity index (χ1v) is 7.82. The Hall–Kier alpha value is -3.48. The van der Waals surface area contributed by atoms with Crippen LogP contribution in [0.4, 0.5) is 0 Å². The summed E-state index contributed by atoms with van der Waals surface area (Å²) < 4.78 is 7.07. The van der Waals surface area contributed by atoms with E-state index in [1.54, 1.807) is 6.92 Å². The zero-order chi connectivity index (χ0) is 17.2. The van der Waals surface area contributed by atoms with Gasteiger partial charge in [0.05, 0.1) is 6.54 Å². The lowest BCUT2D eigenvalue weighted by molar-refractivity contribution is 0.0949. The summed E-state index contributed by atoms with van der Waals surface area (Å²) >= 11 is 0. The number of hydrogen-bond acceptors (Lipinski definition) is 5. The minimum absolute atomic E-state index is 0.253. The zero-order valence-electron chi connectivity index (χ0n) is 13.5. The van der Waals surface area contributed by atoms with Gasteiger partial charge in [-0.2, -0.15) is 0 Å². The Labute approximate surface area is 143 Å². The maximum atomic E-state index is 12.7. The van der Waals surface area contributed by atoms with Crippen LogP contribution in [0, 0.1) is 6.92 Å². The highest BCUT2D eigenvalue weighted by molar-refractivity contribution is 6.00. The molecule has 0 fully saturated rings. The molecule has 7 nitrogen and oxygen atoms in total. The van der Waals surface area contributed by atoms with Crippen LogP contribution in [0.5, 0.6) is 0 Å². The second-order valence-corrected chi connectivity index (χ2v) is 5.56. The number of amides is 1. The Morgan fingerprint density at radius 3 is 2.76 bits per heavy atom. The predicted octanol–water partition coefficient (Wildman–Crippen LogP) is 2.62. The number of hydrogen-bond donors (Lipinski definition) is 1. The minimum Gasteiger partial charge on any atom is -0.360 e. The number of aryl methyl sites for hydroxylation is 1. The van der Waals surface area contributed by atoms with Crippen molar-refractivity contribution in [3.05, 3.63) is 71.9 Å². The molecule has 0 aliphatic rings. The van der Waals surface area contributed by atoms with E-state index >= 15 is 0 Å². The van der Waals surface area contributed by atoms with Crippen molar-refractivity contribution in [1.82, 2.24) is 25.1 Å². The van der Waals surface area contributed by atoms with E-state index in [-0.39, 0.29) is 12.5 Å². The number of carbonyl (C=O) groups is 1. The molecule has 0 aliphatic carbocycles. The van der Waals surface area contributed by atoms with Crippen molar-refractivity contribution in [3.8, 4) is 11.3 Å². The van der Waals surface area contributed by atoms with Gasteiger partial charge < -0.3 is 9.84 Å². The van der Waals surface area contributed by atoms with Gasteiger partial charge in [0.15, 0.2) is 11.5 Å². The molecule has 25 heavy (non-hydrogen) atoms. The van der Waals surface area contributed by atoms with Gasteiger partial charge in [-0.1, -0.05) is 41.6 Å². The number of nitrogens with zero attached hydrogens (tertiary/aromatic N) is 4. The predicted molar refractivity (Wildman–Crippen MR) is 90.8 cm³/mol. The Morgan fingerprint density at radius 2 is 1.92 bits per heavy atom. The number of pyridine rings is 1. The Bertz CT molecular complexity index is 1040. The molecule has 0 unspecified atom stereocenters. The Morgan fingerprint density at radius 1 is 1.12 bits per heavy atom. The third-order valence-corrected chi connectivity index (χ3v) is 3.93. The molecule has 124 valence electrons. The van der Waals surface area contributed by atoms with Crippen molar-refractivity contribution in [2.45, 2.75) is 13.5 Å². The van der Waals surface area contributed by atoms with E-state index in [9.17, 15) is 4.79 Å². The van der Waals surface area contributed by atoms with Crippen molar-refractivity contribution >= 4 is 11.6 Å². The molecule has 3 heterocycles. The third kappa shape index (κ3) is 2.76. The number of rotatable bonds is 4. The SMILES string of the molecule is Cc1onc(-c2ccccc2)c1C(=O)NCc1nnc2ccccn12. The first-order chi connectivity index (χ1) is 12.2. The zero-order valence-corrected chi connectivity index (χ0v) is 13.5. The molecule has 1 N–H and O–H groups in total. The molecule has 0 saturated carbocycles. The van der Waals surface area contributed by atoms with E-state index in [0.717, 1.165) is 11.2 Å². The first kappa shape index (κ1) is 15.1. The lowest BCUT2D eigenvalue weighted by Gasteiger charge is -2.05. The number of nitrogens with one attached hydrogen (secondary N) is 1. The maximum absolute atomic E-state index is 12.7. The minimum atomic E-state index is -0.259. The fourth-order valence-electron chi connectivity index (χ4n) is 2.69. The second-order valence-electron chi connectivity index (χ2n) is 5.56. The molecular weight excluding hydrogens is 318 g/mol. The van der Waals surface area contributed by atoms with E-state index in [0.29, 0.717) is 22.8 Å². The molecule has 0 radical (unpaired) electrons. The summed E-state index contributed by atoms with van der Waals surface area (Å²) in [6.45, 7) is 1.98. The summed E-state index contributed by atoms with van der Waals surface area (Å²) in [6.07, 6.45) is 1.86. The summed E-state index contributed by atoms with van der Waals surface area (Å²) in [5, 5.41) is 15.1. The van der Waals surface area contributed by atoms with Crippen LogP contribution in [0.1, 0.15) is 21.9 Å². The first-order valence-electron chi connectivity index (χ1n) is 7.82. The summed E-state index contributed by atoms with van der Waals surface area (Å²) in [7, 11) is 0. The fourth-order valence-corrected chi connectivity index (χ4v) is 2.69. The summed E-state index contributed by atoms with van der Waals surface area (Å²) in [5.74, 6) is 0.868. The average molecular weight is 333 g/mol. The van der Waals surface area contributed by atoms with E-state index in [4.69, 9.17) is 4.52 Å². The van der Waals surface area contributed by atoms with Crippen LogP contribution in [-0.4, -0.2) is 25.7 Å². The summed E-state index contributed by atoms with van der Waals surface area (Å²) in [5.41, 5.74) is 2.53. The highest BCUT2D eigenvalue weighted by atomic mass is 16.5. The fraction of sp³-hybridized carbons (Fsp3) is 0.111. The molecule has 0 saturated heterocycles. The lowest BCUT2D eigenvalue weighted by Crippen LogP contribution is -2.24. The number of carbonyl (C=O) groups excluding carboxylic acids is 1. The molecule has 1 amide bonds. The quantitative estimate of drug-likeness (QED) is 0.620. The molecule has 3 aromatic heterocycles. The molecular formula is C18H15N5O2. The van der Waals surface area contributed by atoms with Crippen molar-refractivity contribution in [1.29, 1.82) is 0 Å². The number of benzene rings is 1. The molecule has 4 rings (SSSR count). The Kier molecular flexibility index (Phi) is 3.74. The van der Waals surface area contributed by atoms with Gasteiger partial charge >= 0.3 is 0 Å². The van der Waals surface area contributed by atoms with Crippen molar-refractivity contribution in [2.24, 2.45) is 0 Å². The lowest BCUT2D eigenvalue weighted by atomic mass is 10.1. The molecule has 0 atom stereocenters. The van der Waals surface area contributed by atoms with E-state index in [1.165, 1.54) is 0 Å². The van der Waals surface area contributed by atoms with Crippen LogP contribution >= 0.6 is 0 Å². The van der Waals surface area contributed by atoms with Crippen LogP contribution in [0.15, 0.2) is 59.3 Å². The van der Waals surface area contributed by atoms with E-state index < -0.39 is 0 Å². The van der Waals surface area contributed by atoms with Gasteiger partial charge in [-0.15, -0.1) is 10.2 Å². The molecule has 0 aliphatic heterocycles. The third-order valence-electron chi connectivity index (χ3n) is 3.93. The van der Waals surface area contributed by atoms with Gasteiger partial charge in [0.2, 0.25) is 0 Å². The van der Waals surface area contributed by atoms with E-state index in [1.807, 2.05) is 59.1 Å². The van der Waals surface area contributed by atoms with Gasteiger partial charge in [-0.3, -0.25) is 9.20 Å². The smallest absolute Gasteiger partial charge is 0.257 e.